The summed E-state index contributed by atoms with van der Waals surface area (Å²) >= 11 is 1.53. The van der Waals surface area contributed by atoms with Crippen molar-refractivity contribution in [1.29, 1.82) is 0 Å². The van der Waals surface area contributed by atoms with E-state index in [4.69, 9.17) is 0 Å². The van der Waals surface area contributed by atoms with Crippen LogP contribution in [0.3, 0.4) is 0 Å². The minimum atomic E-state index is -4.49. The molecule has 0 unspecified atom stereocenters. The zero-order valence-corrected chi connectivity index (χ0v) is 10.0. The largest absolute Gasteiger partial charge is 0.439 e. The molecule has 90 valence electrons. The number of halogens is 4. The SMILES string of the molecule is O=c1[nH]c(-c2cc(C(F)(F)F)c(I)cn2)no1. The molecule has 0 bridgehead atoms. The molecule has 2 aromatic heterocycles. The van der Waals surface area contributed by atoms with E-state index in [0.29, 0.717) is 0 Å². The van der Waals surface area contributed by atoms with Gasteiger partial charge in [-0.3, -0.25) is 14.5 Å². The second-order valence-corrected chi connectivity index (χ2v) is 4.15. The first-order valence-electron chi connectivity index (χ1n) is 4.17. The molecular weight excluding hydrogens is 354 g/mol. The quantitative estimate of drug-likeness (QED) is 0.794. The molecule has 0 spiro atoms. The molecule has 9 heteroatoms. The summed E-state index contributed by atoms with van der Waals surface area (Å²) < 4.78 is 42.0. The van der Waals surface area contributed by atoms with Crippen LogP contribution in [-0.2, 0) is 6.18 Å². The van der Waals surface area contributed by atoms with Gasteiger partial charge in [0.05, 0.1) is 5.56 Å². The summed E-state index contributed by atoms with van der Waals surface area (Å²) in [5.41, 5.74) is -0.949. The maximum atomic E-state index is 12.6. The van der Waals surface area contributed by atoms with Crippen molar-refractivity contribution in [2.75, 3.05) is 0 Å². The van der Waals surface area contributed by atoms with E-state index in [2.05, 4.69) is 19.6 Å². The zero-order valence-electron chi connectivity index (χ0n) is 7.88. The second kappa shape index (κ2) is 4.13. The third kappa shape index (κ3) is 2.48. The summed E-state index contributed by atoms with van der Waals surface area (Å²) in [6, 6.07) is 0.801. The van der Waals surface area contributed by atoms with Gasteiger partial charge in [0.15, 0.2) is 0 Å². The first-order chi connectivity index (χ1) is 7.88. The fraction of sp³-hybridized carbons (Fsp3) is 0.125. The number of aromatic nitrogens is 3. The average Bonchev–Trinajstić information content (AvgIpc) is 2.64. The van der Waals surface area contributed by atoms with Crippen LogP contribution in [0.15, 0.2) is 21.6 Å². The Kier molecular flexibility index (Phi) is 2.93. The molecule has 17 heavy (non-hydrogen) atoms. The summed E-state index contributed by atoms with van der Waals surface area (Å²) in [4.78, 5) is 16.5. The highest BCUT2D eigenvalue weighted by Gasteiger charge is 2.33. The lowest BCUT2D eigenvalue weighted by atomic mass is 10.2. The van der Waals surface area contributed by atoms with Gasteiger partial charge in [0.2, 0.25) is 5.82 Å². The summed E-state index contributed by atoms with van der Waals surface area (Å²) in [6.07, 6.45) is -3.44. The van der Waals surface area contributed by atoms with Gasteiger partial charge in [-0.2, -0.15) is 13.2 Å². The molecule has 0 fully saturated rings. The van der Waals surface area contributed by atoms with Crippen LogP contribution in [0.4, 0.5) is 13.2 Å². The smallest absolute Gasteiger partial charge is 0.296 e. The van der Waals surface area contributed by atoms with Crippen molar-refractivity contribution in [3.63, 3.8) is 0 Å². The topological polar surface area (TPSA) is 71.8 Å². The van der Waals surface area contributed by atoms with Gasteiger partial charge in [0, 0.05) is 9.77 Å². The standard InChI is InChI=1S/C8H3F3IN3O2/c9-8(10,11)3-1-5(13-2-4(3)12)6-14-7(16)17-15-6/h1-2H,(H,14,15,16). The Bertz CT molecular complexity index is 605. The van der Waals surface area contributed by atoms with Crippen molar-refractivity contribution in [2.45, 2.75) is 6.18 Å². The number of hydrogen-bond donors (Lipinski definition) is 1. The molecule has 5 nitrogen and oxygen atoms in total. The van der Waals surface area contributed by atoms with Gasteiger partial charge in [0.25, 0.3) is 0 Å². The lowest BCUT2D eigenvalue weighted by molar-refractivity contribution is -0.138. The van der Waals surface area contributed by atoms with E-state index in [9.17, 15) is 18.0 Å². The van der Waals surface area contributed by atoms with Gasteiger partial charge in [0.1, 0.15) is 5.69 Å². The van der Waals surface area contributed by atoms with E-state index in [1.807, 2.05) is 0 Å². The van der Waals surface area contributed by atoms with E-state index in [-0.39, 0.29) is 15.1 Å². The number of aromatic amines is 1. The first kappa shape index (κ1) is 12.1. The zero-order chi connectivity index (χ0) is 12.6. The van der Waals surface area contributed by atoms with Crippen molar-refractivity contribution >= 4 is 22.6 Å². The highest BCUT2D eigenvalue weighted by molar-refractivity contribution is 14.1. The second-order valence-electron chi connectivity index (χ2n) is 2.99. The van der Waals surface area contributed by atoms with Gasteiger partial charge in [-0.25, -0.2) is 4.79 Å². The molecule has 0 aliphatic carbocycles. The number of hydrogen-bond acceptors (Lipinski definition) is 4. The third-order valence-electron chi connectivity index (χ3n) is 1.84. The summed E-state index contributed by atoms with van der Waals surface area (Å²) in [5.74, 6) is -0.995. The lowest BCUT2D eigenvalue weighted by Gasteiger charge is -2.09. The maximum absolute atomic E-state index is 12.6. The van der Waals surface area contributed by atoms with Gasteiger partial charge in [-0.15, -0.1) is 0 Å². The molecule has 2 aromatic rings. The summed E-state index contributed by atoms with van der Waals surface area (Å²) in [6.45, 7) is 0. The van der Waals surface area contributed by atoms with E-state index in [0.717, 1.165) is 12.3 Å². The highest BCUT2D eigenvalue weighted by Crippen LogP contribution is 2.33. The molecule has 0 aromatic carbocycles. The minimum absolute atomic E-state index is 0.0373. The predicted octanol–water partition coefficient (Wildman–Crippen LogP) is 2.05. The van der Waals surface area contributed by atoms with Crippen LogP contribution in [0.25, 0.3) is 11.5 Å². The van der Waals surface area contributed by atoms with E-state index < -0.39 is 17.5 Å². The monoisotopic (exact) mass is 357 g/mol. The molecule has 0 atom stereocenters. The van der Waals surface area contributed by atoms with Crippen LogP contribution in [0.5, 0.6) is 0 Å². The van der Waals surface area contributed by atoms with Crippen molar-refractivity contribution < 1.29 is 17.7 Å². The Balaban J connectivity index is 2.55. The van der Waals surface area contributed by atoms with Crippen LogP contribution in [0.2, 0.25) is 0 Å². The van der Waals surface area contributed by atoms with Gasteiger partial charge in [-0.1, -0.05) is 5.16 Å². The molecule has 0 saturated heterocycles. The van der Waals surface area contributed by atoms with E-state index in [1.165, 1.54) is 22.6 Å². The van der Waals surface area contributed by atoms with Gasteiger partial charge in [-0.05, 0) is 28.7 Å². The number of pyridine rings is 1. The van der Waals surface area contributed by atoms with E-state index >= 15 is 0 Å². The predicted molar refractivity (Wildman–Crippen MR) is 58.1 cm³/mol. The highest BCUT2D eigenvalue weighted by atomic mass is 127. The fourth-order valence-corrected chi connectivity index (χ4v) is 1.73. The normalized spacial score (nSPS) is 11.8. The number of alkyl halides is 3. The number of nitrogens with one attached hydrogen (secondary N) is 1. The fourth-order valence-electron chi connectivity index (χ4n) is 1.13. The van der Waals surface area contributed by atoms with Crippen LogP contribution >= 0.6 is 22.6 Å². The Morgan fingerprint density at radius 3 is 2.65 bits per heavy atom. The molecule has 1 N–H and O–H groups in total. The molecule has 0 aliphatic heterocycles. The molecular formula is C8H3F3IN3O2. The Hall–Kier alpha value is -1.39. The van der Waals surface area contributed by atoms with Crippen LogP contribution in [0.1, 0.15) is 5.56 Å². The van der Waals surface area contributed by atoms with Crippen LogP contribution < -0.4 is 5.76 Å². The molecule has 0 aliphatic rings. The Labute approximate surface area is 105 Å². The summed E-state index contributed by atoms with van der Waals surface area (Å²) in [7, 11) is 0. The Morgan fingerprint density at radius 1 is 1.41 bits per heavy atom. The van der Waals surface area contributed by atoms with Crippen LogP contribution in [0, 0.1) is 3.57 Å². The first-order valence-corrected chi connectivity index (χ1v) is 5.25. The van der Waals surface area contributed by atoms with Crippen molar-refractivity contribution in [3.05, 3.63) is 31.9 Å². The molecule has 0 amide bonds. The number of H-pyrrole nitrogens is 1. The number of rotatable bonds is 1. The van der Waals surface area contributed by atoms with Crippen molar-refractivity contribution in [3.8, 4) is 11.5 Å². The molecule has 0 radical (unpaired) electrons. The van der Waals surface area contributed by atoms with E-state index in [1.54, 1.807) is 0 Å². The Morgan fingerprint density at radius 2 is 2.12 bits per heavy atom. The minimum Gasteiger partial charge on any atom is -0.296 e. The molecule has 2 heterocycles. The maximum Gasteiger partial charge on any atom is 0.439 e. The van der Waals surface area contributed by atoms with Gasteiger partial charge < -0.3 is 0 Å². The molecule has 0 saturated carbocycles. The van der Waals surface area contributed by atoms with Gasteiger partial charge >= 0.3 is 11.9 Å². The molecule has 2 rings (SSSR count). The van der Waals surface area contributed by atoms with Crippen molar-refractivity contribution in [1.82, 2.24) is 15.1 Å². The number of nitrogens with zero attached hydrogens (tertiary/aromatic N) is 2. The van der Waals surface area contributed by atoms with Crippen molar-refractivity contribution in [2.24, 2.45) is 0 Å². The summed E-state index contributed by atoms with van der Waals surface area (Å²) in [5, 5.41) is 3.26. The lowest BCUT2D eigenvalue weighted by Crippen LogP contribution is -2.08. The third-order valence-corrected chi connectivity index (χ3v) is 2.70. The average molecular weight is 357 g/mol. The van der Waals surface area contributed by atoms with Crippen LogP contribution in [-0.4, -0.2) is 15.1 Å².